The number of fused-ring (bicyclic) bond motifs is 1. The molecule has 3 rings (SSSR count). The van der Waals surface area contributed by atoms with Crippen LogP contribution in [0.25, 0.3) is 16.7 Å². The Balaban J connectivity index is 2.14. The Bertz CT molecular complexity index is 958. The largest absolute Gasteiger partial charge is 0.390 e. The molecule has 126 valence electrons. The van der Waals surface area contributed by atoms with Gasteiger partial charge in [0.2, 0.25) is 0 Å². The molecule has 0 aliphatic rings. The number of rotatable bonds is 5. The number of hydrogen-bond donors (Lipinski definition) is 1. The van der Waals surface area contributed by atoms with Gasteiger partial charge < -0.3 is 5.11 Å². The molecule has 0 aliphatic heterocycles. The molecular weight excluding hydrogens is 314 g/mol. The van der Waals surface area contributed by atoms with Crippen molar-refractivity contribution in [1.82, 2.24) is 9.55 Å². The second-order valence-electron chi connectivity index (χ2n) is 6.74. The second-order valence-corrected chi connectivity index (χ2v) is 6.74. The van der Waals surface area contributed by atoms with Crippen molar-refractivity contribution in [3.63, 3.8) is 0 Å². The van der Waals surface area contributed by atoms with E-state index >= 15 is 0 Å². The van der Waals surface area contributed by atoms with Gasteiger partial charge in [-0.3, -0.25) is 9.36 Å². The minimum Gasteiger partial charge on any atom is -0.390 e. The van der Waals surface area contributed by atoms with E-state index in [0.717, 1.165) is 28.7 Å². The number of carbonyl (C=O) groups excluding carboxylic acids is 1. The van der Waals surface area contributed by atoms with Crippen molar-refractivity contribution in [2.75, 3.05) is 0 Å². The van der Waals surface area contributed by atoms with Crippen LogP contribution >= 0.6 is 0 Å². The number of aryl methyl sites for hydroxylation is 1. The molecule has 0 radical (unpaired) electrons. The molecule has 0 saturated heterocycles. The molecule has 0 bridgehead atoms. The number of aromatic nitrogens is 2. The zero-order chi connectivity index (χ0) is 18.0. The molecule has 1 aromatic carbocycles. The van der Waals surface area contributed by atoms with E-state index in [2.05, 4.69) is 11.1 Å². The van der Waals surface area contributed by atoms with Crippen LogP contribution in [0.3, 0.4) is 0 Å². The first kappa shape index (κ1) is 16.9. The Morgan fingerprint density at radius 2 is 2.00 bits per heavy atom. The number of benzene rings is 1. The maximum absolute atomic E-state index is 11.0. The fourth-order valence-corrected chi connectivity index (χ4v) is 2.82. The lowest BCUT2D eigenvalue weighted by atomic mass is 10.0. The standard InChI is InChI=1S/C20H19N3O2/c1-20(2,25)8-7-18-10-16-9-15(13-24)12-22-19(16)23(18)17-5-3-14(11-21)4-6-17/h3-6,9-10,12-13,25H,7-8H2,1-2H3. The van der Waals surface area contributed by atoms with Gasteiger partial charge in [-0.15, -0.1) is 0 Å². The van der Waals surface area contributed by atoms with Crippen LogP contribution in [0, 0.1) is 11.3 Å². The highest BCUT2D eigenvalue weighted by Crippen LogP contribution is 2.26. The van der Waals surface area contributed by atoms with Crippen molar-refractivity contribution in [3.05, 3.63) is 59.4 Å². The minimum absolute atomic E-state index is 0.526. The Kier molecular flexibility index (Phi) is 4.39. The third-order valence-corrected chi connectivity index (χ3v) is 4.12. The van der Waals surface area contributed by atoms with E-state index in [1.54, 1.807) is 32.2 Å². The second kappa shape index (κ2) is 6.50. The maximum Gasteiger partial charge on any atom is 0.151 e. The summed E-state index contributed by atoms with van der Waals surface area (Å²) in [5.74, 6) is 0. The number of hydrogen-bond acceptors (Lipinski definition) is 4. The molecule has 0 aliphatic carbocycles. The molecule has 0 spiro atoms. The van der Waals surface area contributed by atoms with Crippen LogP contribution in [-0.2, 0) is 6.42 Å². The molecule has 5 heteroatoms. The summed E-state index contributed by atoms with van der Waals surface area (Å²) in [6.45, 7) is 3.56. The Hall–Kier alpha value is -2.97. The fourth-order valence-electron chi connectivity index (χ4n) is 2.82. The van der Waals surface area contributed by atoms with Gasteiger partial charge in [0.25, 0.3) is 0 Å². The highest BCUT2D eigenvalue weighted by atomic mass is 16.3. The first-order valence-corrected chi connectivity index (χ1v) is 8.10. The smallest absolute Gasteiger partial charge is 0.151 e. The van der Waals surface area contributed by atoms with Crippen LogP contribution in [0.1, 0.15) is 41.9 Å². The van der Waals surface area contributed by atoms with E-state index < -0.39 is 5.60 Å². The van der Waals surface area contributed by atoms with Crippen molar-refractivity contribution < 1.29 is 9.90 Å². The summed E-state index contributed by atoms with van der Waals surface area (Å²) < 4.78 is 2.01. The lowest BCUT2D eigenvalue weighted by Gasteiger charge is -2.18. The van der Waals surface area contributed by atoms with E-state index in [-0.39, 0.29) is 0 Å². The molecule has 3 aromatic rings. The summed E-state index contributed by atoms with van der Waals surface area (Å²) in [5, 5.41) is 19.9. The maximum atomic E-state index is 11.0. The summed E-state index contributed by atoms with van der Waals surface area (Å²) in [5.41, 5.74) is 2.99. The SMILES string of the molecule is CC(C)(O)CCc1cc2cc(C=O)cnc2n1-c1ccc(C#N)cc1. The average molecular weight is 333 g/mol. The van der Waals surface area contributed by atoms with Gasteiger partial charge in [-0.25, -0.2) is 4.98 Å². The predicted octanol–water partition coefficient (Wildman–Crippen LogP) is 3.41. The average Bonchev–Trinajstić information content (AvgIpc) is 2.97. The normalized spacial score (nSPS) is 11.4. The molecule has 0 fully saturated rings. The zero-order valence-corrected chi connectivity index (χ0v) is 14.2. The number of nitriles is 1. The van der Waals surface area contributed by atoms with E-state index in [9.17, 15) is 9.90 Å². The molecule has 1 N–H and O–H groups in total. The highest BCUT2D eigenvalue weighted by Gasteiger charge is 2.17. The summed E-state index contributed by atoms with van der Waals surface area (Å²) in [4.78, 5) is 15.5. The monoisotopic (exact) mass is 333 g/mol. The number of pyridine rings is 1. The van der Waals surface area contributed by atoms with Crippen molar-refractivity contribution in [3.8, 4) is 11.8 Å². The first-order valence-electron chi connectivity index (χ1n) is 8.10. The number of aldehydes is 1. The lowest BCUT2D eigenvalue weighted by molar-refractivity contribution is 0.0710. The summed E-state index contributed by atoms with van der Waals surface area (Å²) in [7, 11) is 0. The van der Waals surface area contributed by atoms with Crippen LogP contribution in [0.15, 0.2) is 42.6 Å². The van der Waals surface area contributed by atoms with Gasteiger partial charge >= 0.3 is 0 Å². The zero-order valence-electron chi connectivity index (χ0n) is 14.2. The Morgan fingerprint density at radius 3 is 2.60 bits per heavy atom. The van der Waals surface area contributed by atoms with Gasteiger partial charge in [0.15, 0.2) is 6.29 Å². The molecule has 2 aromatic heterocycles. The van der Waals surface area contributed by atoms with Gasteiger partial charge in [0.05, 0.1) is 17.2 Å². The number of carbonyl (C=O) groups is 1. The van der Waals surface area contributed by atoms with E-state index in [1.807, 2.05) is 28.8 Å². The van der Waals surface area contributed by atoms with Crippen molar-refractivity contribution in [2.24, 2.45) is 0 Å². The predicted molar refractivity (Wildman–Crippen MR) is 95.8 cm³/mol. The quantitative estimate of drug-likeness (QED) is 0.726. The molecule has 2 heterocycles. The van der Waals surface area contributed by atoms with Gasteiger partial charge in [0.1, 0.15) is 5.65 Å². The molecule has 0 atom stereocenters. The minimum atomic E-state index is -0.771. The first-order chi connectivity index (χ1) is 11.9. The Morgan fingerprint density at radius 1 is 1.28 bits per heavy atom. The number of nitrogens with zero attached hydrogens (tertiary/aromatic N) is 3. The lowest BCUT2D eigenvalue weighted by Crippen LogP contribution is -2.19. The van der Waals surface area contributed by atoms with Crippen molar-refractivity contribution >= 4 is 17.3 Å². The van der Waals surface area contributed by atoms with E-state index in [0.29, 0.717) is 24.0 Å². The van der Waals surface area contributed by atoms with Crippen molar-refractivity contribution in [1.29, 1.82) is 5.26 Å². The van der Waals surface area contributed by atoms with E-state index in [1.165, 1.54) is 0 Å². The van der Waals surface area contributed by atoms with Crippen LogP contribution in [0.4, 0.5) is 0 Å². The van der Waals surface area contributed by atoms with Crippen LogP contribution in [0.5, 0.6) is 0 Å². The third-order valence-electron chi connectivity index (χ3n) is 4.12. The number of aliphatic hydroxyl groups is 1. The molecule has 25 heavy (non-hydrogen) atoms. The summed E-state index contributed by atoms with van der Waals surface area (Å²) >= 11 is 0. The molecule has 0 saturated carbocycles. The van der Waals surface area contributed by atoms with E-state index in [4.69, 9.17) is 5.26 Å². The Labute approximate surface area is 146 Å². The van der Waals surface area contributed by atoms with Crippen LogP contribution < -0.4 is 0 Å². The fraction of sp³-hybridized carbons (Fsp3) is 0.250. The van der Waals surface area contributed by atoms with Gasteiger partial charge in [-0.2, -0.15) is 5.26 Å². The third kappa shape index (κ3) is 3.59. The van der Waals surface area contributed by atoms with Gasteiger partial charge in [0, 0.05) is 28.5 Å². The molecule has 5 nitrogen and oxygen atoms in total. The van der Waals surface area contributed by atoms with Gasteiger partial charge in [-0.1, -0.05) is 0 Å². The molecule has 0 amide bonds. The van der Waals surface area contributed by atoms with Gasteiger partial charge in [-0.05, 0) is 63.1 Å². The highest BCUT2D eigenvalue weighted by molar-refractivity contribution is 5.86. The summed E-state index contributed by atoms with van der Waals surface area (Å²) in [6, 6.07) is 13.2. The van der Waals surface area contributed by atoms with Crippen molar-refractivity contribution in [2.45, 2.75) is 32.3 Å². The van der Waals surface area contributed by atoms with Crippen LogP contribution in [0.2, 0.25) is 0 Å². The molecule has 0 unspecified atom stereocenters. The van der Waals surface area contributed by atoms with Crippen LogP contribution in [-0.4, -0.2) is 26.5 Å². The summed E-state index contributed by atoms with van der Waals surface area (Å²) in [6.07, 6.45) is 3.59. The molecular formula is C20H19N3O2. The topological polar surface area (TPSA) is 78.9 Å².